The van der Waals surface area contributed by atoms with Crippen molar-refractivity contribution in [2.24, 2.45) is 17.1 Å². The van der Waals surface area contributed by atoms with E-state index >= 15 is 0 Å². The SMILES string of the molecule is NC(=O)C1(C2CCN(CCC3(c4ccc(Cl)c(Cl)c4)CCCN(C(=O)Cc4cc(Cl)cc(Cl)c4)C3)CC2)CC1. The van der Waals surface area contributed by atoms with E-state index < -0.39 is 0 Å². The van der Waals surface area contributed by atoms with Crippen LogP contribution in [0.3, 0.4) is 0 Å². The van der Waals surface area contributed by atoms with E-state index in [0.717, 1.165) is 82.3 Å². The zero-order valence-corrected chi connectivity index (χ0v) is 25.1. The van der Waals surface area contributed by atoms with Crippen LogP contribution in [0.2, 0.25) is 20.1 Å². The molecule has 0 radical (unpaired) electrons. The third-order valence-electron chi connectivity index (χ3n) is 9.29. The lowest BCUT2D eigenvalue weighted by Gasteiger charge is -2.45. The fraction of sp³-hybridized carbons (Fsp3) is 0.533. The highest BCUT2D eigenvalue weighted by Crippen LogP contribution is 2.55. The molecule has 2 aromatic carbocycles. The van der Waals surface area contributed by atoms with Gasteiger partial charge in [-0.25, -0.2) is 0 Å². The molecule has 2 aliphatic heterocycles. The molecule has 1 unspecified atom stereocenters. The molecule has 2 saturated heterocycles. The maximum atomic E-state index is 13.5. The van der Waals surface area contributed by atoms with Crippen LogP contribution >= 0.6 is 46.4 Å². The number of piperidine rings is 2. The summed E-state index contributed by atoms with van der Waals surface area (Å²) in [7, 11) is 0. The number of likely N-dealkylation sites (tertiary alicyclic amines) is 2. The quantitative estimate of drug-likeness (QED) is 0.359. The summed E-state index contributed by atoms with van der Waals surface area (Å²) in [4.78, 5) is 30.0. The summed E-state index contributed by atoms with van der Waals surface area (Å²) in [6.07, 6.45) is 6.95. The lowest BCUT2D eigenvalue weighted by atomic mass is 9.71. The van der Waals surface area contributed by atoms with Gasteiger partial charge in [0.25, 0.3) is 0 Å². The molecule has 2 heterocycles. The van der Waals surface area contributed by atoms with E-state index in [2.05, 4.69) is 11.0 Å². The summed E-state index contributed by atoms with van der Waals surface area (Å²) >= 11 is 25.1. The third-order valence-corrected chi connectivity index (χ3v) is 10.5. The van der Waals surface area contributed by atoms with Crippen molar-refractivity contribution in [1.82, 2.24) is 9.80 Å². The Morgan fingerprint density at radius 2 is 1.59 bits per heavy atom. The summed E-state index contributed by atoms with van der Waals surface area (Å²) in [6.45, 7) is 4.20. The number of carbonyl (C=O) groups is 2. The molecule has 1 aliphatic carbocycles. The number of benzene rings is 2. The molecule has 5 rings (SSSR count). The van der Waals surface area contributed by atoms with Crippen molar-refractivity contribution in [3.8, 4) is 0 Å². The van der Waals surface area contributed by atoms with Crippen molar-refractivity contribution < 1.29 is 9.59 Å². The number of hydrogen-bond acceptors (Lipinski definition) is 3. The molecule has 0 bridgehead atoms. The van der Waals surface area contributed by atoms with E-state index in [4.69, 9.17) is 52.1 Å². The number of rotatable bonds is 8. The molecule has 39 heavy (non-hydrogen) atoms. The van der Waals surface area contributed by atoms with Crippen molar-refractivity contribution >= 4 is 58.2 Å². The minimum Gasteiger partial charge on any atom is -0.369 e. The van der Waals surface area contributed by atoms with Gasteiger partial charge in [0.1, 0.15) is 0 Å². The van der Waals surface area contributed by atoms with Gasteiger partial charge in [0.05, 0.1) is 21.9 Å². The van der Waals surface area contributed by atoms with Crippen LogP contribution in [0, 0.1) is 11.3 Å². The van der Waals surface area contributed by atoms with Crippen LogP contribution in [0.1, 0.15) is 56.1 Å². The zero-order chi connectivity index (χ0) is 27.8. The predicted octanol–water partition coefficient (Wildman–Crippen LogP) is 6.77. The highest BCUT2D eigenvalue weighted by molar-refractivity contribution is 6.42. The average molecular weight is 611 g/mol. The lowest BCUT2D eigenvalue weighted by molar-refractivity contribution is -0.133. The highest BCUT2D eigenvalue weighted by Gasteiger charge is 2.54. The number of primary amides is 1. The summed E-state index contributed by atoms with van der Waals surface area (Å²) in [5.41, 5.74) is 7.21. The first-order valence-electron chi connectivity index (χ1n) is 13.8. The Morgan fingerprint density at radius 1 is 0.897 bits per heavy atom. The Balaban J connectivity index is 1.30. The lowest BCUT2D eigenvalue weighted by Crippen LogP contribution is -2.50. The minimum atomic E-state index is -0.245. The normalized spacial score (nSPS) is 23.5. The van der Waals surface area contributed by atoms with Crippen LogP contribution in [0.25, 0.3) is 0 Å². The van der Waals surface area contributed by atoms with Crippen molar-refractivity contribution in [2.45, 2.75) is 56.8 Å². The van der Waals surface area contributed by atoms with Crippen LogP contribution < -0.4 is 5.73 Å². The topological polar surface area (TPSA) is 66.6 Å². The molecular formula is C30H35Cl4N3O2. The first-order chi connectivity index (χ1) is 18.6. The summed E-state index contributed by atoms with van der Waals surface area (Å²) in [5.74, 6) is 0.351. The van der Waals surface area contributed by atoms with Gasteiger partial charge in [0.15, 0.2) is 0 Å². The molecular weight excluding hydrogens is 576 g/mol. The van der Waals surface area contributed by atoms with Crippen LogP contribution in [-0.4, -0.2) is 54.3 Å². The molecule has 2 amide bonds. The van der Waals surface area contributed by atoms with Crippen LogP contribution in [-0.2, 0) is 21.4 Å². The molecule has 9 heteroatoms. The number of amides is 2. The van der Waals surface area contributed by atoms with Crippen molar-refractivity contribution in [3.63, 3.8) is 0 Å². The number of nitrogens with zero attached hydrogens (tertiary/aromatic N) is 2. The van der Waals surface area contributed by atoms with Crippen LogP contribution in [0.15, 0.2) is 36.4 Å². The monoisotopic (exact) mass is 609 g/mol. The Bertz CT molecular complexity index is 1220. The van der Waals surface area contributed by atoms with E-state index in [1.807, 2.05) is 17.0 Å². The number of halogens is 4. The van der Waals surface area contributed by atoms with Gasteiger partial charge in [-0.15, -0.1) is 0 Å². The molecule has 1 saturated carbocycles. The molecule has 3 fully saturated rings. The van der Waals surface area contributed by atoms with E-state index in [1.165, 1.54) is 0 Å². The third kappa shape index (κ3) is 6.38. The standard InChI is InChI=1S/C30H35Cl4N3O2/c31-23-14-20(15-24(32)18-23)16-27(38)37-10-1-6-29(19-37,22-2-3-25(33)26(34)17-22)9-13-36-11-4-21(5-12-36)30(7-8-30)28(35)39/h2-3,14-15,17-18,21H,1,4-13,16,19H2,(H2,35,39). The average Bonchev–Trinajstić information content (AvgIpc) is 3.71. The van der Waals surface area contributed by atoms with Crippen molar-refractivity contribution in [2.75, 3.05) is 32.7 Å². The Labute approximate surface area is 250 Å². The predicted molar refractivity (Wildman–Crippen MR) is 159 cm³/mol. The molecule has 210 valence electrons. The minimum absolute atomic E-state index is 0.0690. The van der Waals surface area contributed by atoms with Gasteiger partial charge in [-0.05, 0) is 112 Å². The second-order valence-electron chi connectivity index (χ2n) is 11.7. The smallest absolute Gasteiger partial charge is 0.227 e. The van der Waals surface area contributed by atoms with Crippen molar-refractivity contribution in [3.05, 3.63) is 67.6 Å². The highest BCUT2D eigenvalue weighted by atomic mass is 35.5. The Kier molecular flexibility index (Phi) is 8.76. The molecule has 0 spiro atoms. The van der Waals surface area contributed by atoms with Crippen molar-refractivity contribution in [1.29, 1.82) is 0 Å². The summed E-state index contributed by atoms with van der Waals surface area (Å²) < 4.78 is 0. The first kappa shape index (κ1) is 29.0. The molecule has 5 nitrogen and oxygen atoms in total. The molecule has 0 aromatic heterocycles. The van der Waals surface area contributed by atoms with E-state index in [9.17, 15) is 9.59 Å². The van der Waals surface area contributed by atoms with Gasteiger partial charge >= 0.3 is 0 Å². The maximum Gasteiger partial charge on any atom is 0.227 e. The van der Waals surface area contributed by atoms with Gasteiger partial charge < -0.3 is 15.5 Å². The fourth-order valence-corrected chi connectivity index (χ4v) is 7.70. The van der Waals surface area contributed by atoms with E-state index in [1.54, 1.807) is 18.2 Å². The number of hydrogen-bond donors (Lipinski definition) is 1. The molecule has 3 aliphatic rings. The first-order valence-corrected chi connectivity index (χ1v) is 15.3. The number of nitrogens with two attached hydrogens (primary N) is 1. The summed E-state index contributed by atoms with van der Waals surface area (Å²) in [5, 5.41) is 2.12. The molecule has 2 N–H and O–H groups in total. The van der Waals surface area contributed by atoms with Gasteiger partial charge in [-0.3, -0.25) is 9.59 Å². The number of carbonyl (C=O) groups excluding carboxylic acids is 2. The molecule has 2 aromatic rings. The van der Waals surface area contributed by atoms with E-state index in [-0.39, 0.29) is 29.1 Å². The second-order valence-corrected chi connectivity index (χ2v) is 13.4. The second kappa shape index (κ2) is 11.8. The van der Waals surface area contributed by atoms with Crippen LogP contribution in [0.5, 0.6) is 0 Å². The van der Waals surface area contributed by atoms with E-state index in [0.29, 0.717) is 32.6 Å². The van der Waals surface area contributed by atoms with Gasteiger partial charge in [0.2, 0.25) is 11.8 Å². The largest absolute Gasteiger partial charge is 0.369 e. The van der Waals surface area contributed by atoms with Gasteiger partial charge in [0, 0.05) is 28.5 Å². The Hall–Kier alpha value is -1.50. The molecule has 1 atom stereocenters. The zero-order valence-electron chi connectivity index (χ0n) is 22.0. The van der Waals surface area contributed by atoms with Gasteiger partial charge in [-0.2, -0.15) is 0 Å². The van der Waals surface area contributed by atoms with Gasteiger partial charge in [-0.1, -0.05) is 52.5 Å². The fourth-order valence-electron chi connectivity index (χ4n) is 6.83. The summed E-state index contributed by atoms with van der Waals surface area (Å²) in [6, 6.07) is 11.2. The maximum absolute atomic E-state index is 13.5. The Morgan fingerprint density at radius 3 is 2.21 bits per heavy atom. The van der Waals surface area contributed by atoms with Crippen LogP contribution in [0.4, 0.5) is 0 Å².